The maximum absolute atomic E-state index is 5.85. The maximum Gasteiger partial charge on any atom is 0.251 e. The first kappa shape index (κ1) is 12.7. The Bertz CT molecular complexity index is 724. The molecule has 0 amide bonds. The summed E-state index contributed by atoms with van der Waals surface area (Å²) in [6.07, 6.45) is 3.72. The lowest BCUT2D eigenvalue weighted by molar-refractivity contribution is 0.517. The SMILES string of the molecule is Cc1ncncc1-c1nnc(Cc2ccc(Cl)cc2)o1. The molecule has 0 unspecified atom stereocenters. The number of aromatic nitrogens is 4. The second-order valence-electron chi connectivity index (χ2n) is 4.33. The summed E-state index contributed by atoms with van der Waals surface area (Å²) >= 11 is 5.85. The molecule has 100 valence electrons. The lowest BCUT2D eigenvalue weighted by atomic mass is 10.1. The molecule has 6 heteroatoms. The Morgan fingerprint density at radius 3 is 2.70 bits per heavy atom. The van der Waals surface area contributed by atoms with Crippen molar-refractivity contribution in [3.8, 4) is 11.5 Å². The van der Waals surface area contributed by atoms with Crippen molar-refractivity contribution < 1.29 is 4.42 Å². The summed E-state index contributed by atoms with van der Waals surface area (Å²) in [5.41, 5.74) is 2.62. The average Bonchev–Trinajstić information content (AvgIpc) is 2.90. The van der Waals surface area contributed by atoms with E-state index < -0.39 is 0 Å². The molecule has 0 radical (unpaired) electrons. The molecule has 0 aliphatic carbocycles. The van der Waals surface area contributed by atoms with Crippen molar-refractivity contribution in [2.75, 3.05) is 0 Å². The van der Waals surface area contributed by atoms with Gasteiger partial charge in [-0.3, -0.25) is 0 Å². The minimum absolute atomic E-state index is 0.437. The molecule has 3 rings (SSSR count). The summed E-state index contributed by atoms with van der Waals surface area (Å²) in [5.74, 6) is 0.984. The van der Waals surface area contributed by atoms with Gasteiger partial charge in [-0.25, -0.2) is 9.97 Å². The Morgan fingerprint density at radius 1 is 1.15 bits per heavy atom. The van der Waals surface area contributed by atoms with Crippen molar-refractivity contribution >= 4 is 11.6 Å². The fourth-order valence-electron chi connectivity index (χ4n) is 1.81. The molecule has 2 heterocycles. The minimum atomic E-state index is 0.437. The topological polar surface area (TPSA) is 64.7 Å². The van der Waals surface area contributed by atoms with E-state index in [1.165, 1.54) is 6.33 Å². The predicted octanol–water partition coefficient (Wildman–Crippen LogP) is 3.08. The van der Waals surface area contributed by atoms with Gasteiger partial charge in [0.25, 0.3) is 5.89 Å². The molecule has 0 atom stereocenters. The van der Waals surface area contributed by atoms with Crippen molar-refractivity contribution in [3.05, 3.63) is 59.0 Å². The molecule has 0 saturated carbocycles. The van der Waals surface area contributed by atoms with E-state index in [0.29, 0.717) is 23.2 Å². The van der Waals surface area contributed by atoms with Crippen molar-refractivity contribution in [1.82, 2.24) is 20.2 Å². The molecule has 0 aliphatic rings. The molecule has 3 aromatic rings. The van der Waals surface area contributed by atoms with Crippen LogP contribution < -0.4 is 0 Å². The molecule has 0 aliphatic heterocycles. The number of benzene rings is 1. The third-order valence-electron chi connectivity index (χ3n) is 2.88. The number of halogens is 1. The molecule has 0 spiro atoms. The van der Waals surface area contributed by atoms with Gasteiger partial charge >= 0.3 is 0 Å². The predicted molar refractivity (Wildman–Crippen MR) is 74.3 cm³/mol. The molecule has 0 fully saturated rings. The van der Waals surface area contributed by atoms with Gasteiger partial charge in [0.1, 0.15) is 6.33 Å². The fraction of sp³-hybridized carbons (Fsp3) is 0.143. The first-order valence-corrected chi connectivity index (χ1v) is 6.44. The summed E-state index contributed by atoms with van der Waals surface area (Å²) < 4.78 is 5.65. The zero-order chi connectivity index (χ0) is 13.9. The molecule has 0 N–H and O–H groups in total. The quantitative estimate of drug-likeness (QED) is 0.740. The van der Waals surface area contributed by atoms with Crippen LogP contribution in [0.2, 0.25) is 5.02 Å². The van der Waals surface area contributed by atoms with E-state index in [9.17, 15) is 0 Å². The van der Waals surface area contributed by atoms with Crippen molar-refractivity contribution in [2.45, 2.75) is 13.3 Å². The van der Waals surface area contributed by atoms with E-state index in [1.54, 1.807) is 6.20 Å². The van der Waals surface area contributed by atoms with Crippen LogP contribution in [0.25, 0.3) is 11.5 Å². The van der Waals surface area contributed by atoms with Crippen LogP contribution in [0.1, 0.15) is 17.1 Å². The van der Waals surface area contributed by atoms with Crippen LogP contribution in [0.15, 0.2) is 41.2 Å². The van der Waals surface area contributed by atoms with Crippen LogP contribution in [0.4, 0.5) is 0 Å². The minimum Gasteiger partial charge on any atom is -0.420 e. The Hall–Kier alpha value is -2.27. The zero-order valence-corrected chi connectivity index (χ0v) is 11.5. The third-order valence-corrected chi connectivity index (χ3v) is 3.13. The normalized spacial score (nSPS) is 10.7. The van der Waals surface area contributed by atoms with Crippen molar-refractivity contribution in [1.29, 1.82) is 0 Å². The number of rotatable bonds is 3. The maximum atomic E-state index is 5.85. The van der Waals surface area contributed by atoms with Crippen LogP contribution >= 0.6 is 11.6 Å². The summed E-state index contributed by atoms with van der Waals surface area (Å²) in [6.45, 7) is 1.88. The monoisotopic (exact) mass is 286 g/mol. The highest BCUT2D eigenvalue weighted by Gasteiger charge is 2.12. The number of aryl methyl sites for hydroxylation is 1. The zero-order valence-electron chi connectivity index (χ0n) is 10.7. The highest BCUT2D eigenvalue weighted by atomic mass is 35.5. The summed E-state index contributed by atoms with van der Waals surface area (Å²) in [4.78, 5) is 8.08. The lowest BCUT2D eigenvalue weighted by Crippen LogP contribution is -1.88. The van der Waals surface area contributed by atoms with E-state index in [2.05, 4.69) is 20.2 Å². The molecule has 0 bridgehead atoms. The van der Waals surface area contributed by atoms with Gasteiger partial charge in [-0.2, -0.15) is 0 Å². The van der Waals surface area contributed by atoms with Gasteiger partial charge in [0, 0.05) is 11.2 Å². The van der Waals surface area contributed by atoms with Gasteiger partial charge in [-0.1, -0.05) is 23.7 Å². The molecular weight excluding hydrogens is 276 g/mol. The number of hydrogen-bond donors (Lipinski definition) is 0. The average molecular weight is 287 g/mol. The Kier molecular flexibility index (Phi) is 3.43. The van der Waals surface area contributed by atoms with Crippen molar-refractivity contribution in [2.24, 2.45) is 0 Å². The third kappa shape index (κ3) is 2.67. The van der Waals surface area contributed by atoms with E-state index >= 15 is 0 Å². The Morgan fingerprint density at radius 2 is 1.95 bits per heavy atom. The molecular formula is C14H11ClN4O. The van der Waals surface area contributed by atoms with Gasteiger partial charge in [-0.15, -0.1) is 10.2 Å². The summed E-state index contributed by atoms with van der Waals surface area (Å²) in [5, 5.41) is 8.79. The largest absolute Gasteiger partial charge is 0.420 e. The Labute approximate surface area is 120 Å². The van der Waals surface area contributed by atoms with Crippen LogP contribution in [-0.4, -0.2) is 20.2 Å². The lowest BCUT2D eigenvalue weighted by Gasteiger charge is -1.98. The van der Waals surface area contributed by atoms with E-state index in [4.69, 9.17) is 16.0 Å². The van der Waals surface area contributed by atoms with Crippen molar-refractivity contribution in [3.63, 3.8) is 0 Å². The van der Waals surface area contributed by atoms with Gasteiger partial charge < -0.3 is 4.42 Å². The molecule has 0 saturated heterocycles. The van der Waals surface area contributed by atoms with Crippen LogP contribution in [-0.2, 0) is 6.42 Å². The molecule has 20 heavy (non-hydrogen) atoms. The van der Waals surface area contributed by atoms with E-state index in [1.807, 2.05) is 31.2 Å². The first-order valence-electron chi connectivity index (χ1n) is 6.06. The second-order valence-corrected chi connectivity index (χ2v) is 4.76. The van der Waals surface area contributed by atoms with E-state index in [0.717, 1.165) is 16.8 Å². The molecule has 1 aromatic carbocycles. The van der Waals surface area contributed by atoms with E-state index in [-0.39, 0.29) is 0 Å². The second kappa shape index (κ2) is 5.38. The van der Waals surface area contributed by atoms with Gasteiger partial charge in [0.2, 0.25) is 5.89 Å². The molecule has 2 aromatic heterocycles. The summed E-state index contributed by atoms with van der Waals surface area (Å²) in [7, 11) is 0. The highest BCUT2D eigenvalue weighted by Crippen LogP contribution is 2.20. The Balaban J connectivity index is 1.84. The fourth-order valence-corrected chi connectivity index (χ4v) is 1.94. The standard InChI is InChI=1S/C14H11ClN4O/c1-9-12(7-16-8-17-9)14-19-18-13(20-14)6-10-2-4-11(15)5-3-10/h2-5,7-8H,6H2,1H3. The molecule has 5 nitrogen and oxygen atoms in total. The van der Waals surface area contributed by atoms with Crippen LogP contribution in [0.5, 0.6) is 0 Å². The first-order chi connectivity index (χ1) is 9.72. The van der Waals surface area contributed by atoms with Gasteiger partial charge in [0.15, 0.2) is 0 Å². The van der Waals surface area contributed by atoms with Gasteiger partial charge in [0.05, 0.1) is 17.7 Å². The van der Waals surface area contributed by atoms with Gasteiger partial charge in [-0.05, 0) is 24.6 Å². The highest BCUT2D eigenvalue weighted by molar-refractivity contribution is 6.30. The summed E-state index contributed by atoms with van der Waals surface area (Å²) in [6, 6.07) is 7.54. The smallest absolute Gasteiger partial charge is 0.251 e. The van der Waals surface area contributed by atoms with Crippen LogP contribution in [0.3, 0.4) is 0 Å². The number of hydrogen-bond acceptors (Lipinski definition) is 5. The van der Waals surface area contributed by atoms with Crippen LogP contribution in [0, 0.1) is 6.92 Å². The number of nitrogens with zero attached hydrogens (tertiary/aromatic N) is 4.